The number of benzene rings is 1. The Morgan fingerprint density at radius 1 is 1.08 bits per heavy atom. The number of amides is 1. The van der Waals surface area contributed by atoms with Crippen molar-refractivity contribution in [3.05, 3.63) is 18.2 Å². The van der Waals surface area contributed by atoms with Crippen molar-refractivity contribution in [2.45, 2.75) is 50.6 Å². The molecule has 2 aliphatic heterocycles. The highest BCUT2D eigenvalue weighted by Crippen LogP contribution is 2.32. The summed E-state index contributed by atoms with van der Waals surface area (Å²) in [5, 5.41) is 6.64. The van der Waals surface area contributed by atoms with Crippen LogP contribution < -0.4 is 24.8 Å². The number of carbonyl (C=O) groups is 1. The number of carbonyl (C=O) groups excluding carboxylic acids is 1. The van der Waals surface area contributed by atoms with Crippen molar-refractivity contribution in [2.24, 2.45) is 5.92 Å². The molecule has 2 saturated heterocycles. The minimum Gasteiger partial charge on any atom is -0.496 e. The van der Waals surface area contributed by atoms with Crippen molar-refractivity contribution < 1.29 is 19.0 Å². The van der Waals surface area contributed by atoms with Crippen molar-refractivity contribution >= 4 is 5.91 Å². The van der Waals surface area contributed by atoms with Crippen LogP contribution in [0.15, 0.2) is 18.2 Å². The van der Waals surface area contributed by atoms with E-state index in [0.29, 0.717) is 54.8 Å². The van der Waals surface area contributed by atoms with E-state index in [0.717, 1.165) is 19.3 Å². The van der Waals surface area contributed by atoms with Gasteiger partial charge < -0.3 is 24.8 Å². The van der Waals surface area contributed by atoms with Crippen LogP contribution in [0.2, 0.25) is 0 Å². The highest BCUT2D eigenvalue weighted by molar-refractivity contribution is 5.76. The zero-order valence-electron chi connectivity index (χ0n) is 15.8. The maximum atomic E-state index is 12.1. The third-order valence-corrected chi connectivity index (χ3v) is 5.28. The van der Waals surface area contributed by atoms with Gasteiger partial charge in [-0.15, -0.1) is 0 Å². The van der Waals surface area contributed by atoms with Crippen LogP contribution >= 0.6 is 0 Å². The summed E-state index contributed by atoms with van der Waals surface area (Å²) in [7, 11) is 3.23. The number of methoxy groups -OCH3 is 2. The molecule has 6 heteroatoms. The molecule has 0 spiro atoms. The monoisotopic (exact) mass is 362 g/mol. The molecule has 1 aromatic rings. The van der Waals surface area contributed by atoms with Gasteiger partial charge in [-0.2, -0.15) is 0 Å². The standard InChI is InChI=1S/C20H30N2O4/c1-24-17-11-18(25-2)13-19(12-17)26-7-3-6-21-20(23)10-14-8-15-4-5-16(9-14)22-15/h11-16,22H,3-10H2,1-2H3,(H,21,23). The number of hydrogen-bond acceptors (Lipinski definition) is 5. The van der Waals surface area contributed by atoms with Crippen molar-refractivity contribution in [3.8, 4) is 17.2 Å². The number of rotatable bonds is 9. The molecule has 1 aromatic carbocycles. The van der Waals surface area contributed by atoms with E-state index >= 15 is 0 Å². The average Bonchev–Trinajstić information content (AvgIpc) is 2.99. The van der Waals surface area contributed by atoms with E-state index in [4.69, 9.17) is 14.2 Å². The number of fused-ring (bicyclic) bond motifs is 2. The molecule has 6 nitrogen and oxygen atoms in total. The van der Waals surface area contributed by atoms with Crippen LogP contribution in [0.3, 0.4) is 0 Å². The molecule has 0 aromatic heterocycles. The molecule has 2 heterocycles. The summed E-state index contributed by atoms with van der Waals surface area (Å²) in [6, 6.07) is 6.73. The predicted octanol–water partition coefficient (Wildman–Crippen LogP) is 2.51. The van der Waals surface area contributed by atoms with E-state index in [1.54, 1.807) is 20.3 Å². The lowest BCUT2D eigenvalue weighted by atomic mass is 9.89. The van der Waals surface area contributed by atoms with E-state index in [1.165, 1.54) is 12.8 Å². The fourth-order valence-electron chi connectivity index (χ4n) is 4.03. The van der Waals surface area contributed by atoms with Gasteiger partial charge in [0.2, 0.25) is 5.91 Å². The van der Waals surface area contributed by atoms with Crippen LogP contribution in [0.4, 0.5) is 0 Å². The van der Waals surface area contributed by atoms with Crippen molar-refractivity contribution in [1.29, 1.82) is 0 Å². The zero-order chi connectivity index (χ0) is 18.4. The Kier molecular flexibility index (Phi) is 6.61. The summed E-state index contributed by atoms with van der Waals surface area (Å²) in [4.78, 5) is 12.1. The minimum absolute atomic E-state index is 0.166. The van der Waals surface area contributed by atoms with Crippen molar-refractivity contribution in [1.82, 2.24) is 10.6 Å². The smallest absolute Gasteiger partial charge is 0.220 e. The minimum atomic E-state index is 0.166. The van der Waals surface area contributed by atoms with E-state index in [-0.39, 0.29) is 5.91 Å². The lowest BCUT2D eigenvalue weighted by Gasteiger charge is -2.28. The van der Waals surface area contributed by atoms with Gasteiger partial charge in [0.15, 0.2) is 0 Å². The first kappa shape index (κ1) is 18.8. The van der Waals surface area contributed by atoms with Gasteiger partial charge in [-0.05, 0) is 38.0 Å². The van der Waals surface area contributed by atoms with Gasteiger partial charge in [-0.3, -0.25) is 4.79 Å². The van der Waals surface area contributed by atoms with Gasteiger partial charge >= 0.3 is 0 Å². The summed E-state index contributed by atoms with van der Waals surface area (Å²) in [5.74, 6) is 2.80. The fraction of sp³-hybridized carbons (Fsp3) is 0.650. The van der Waals surface area contributed by atoms with Gasteiger partial charge in [0.1, 0.15) is 17.2 Å². The van der Waals surface area contributed by atoms with E-state index in [2.05, 4.69) is 10.6 Å². The Balaban J connectivity index is 1.32. The molecule has 2 N–H and O–H groups in total. The third kappa shape index (κ3) is 5.27. The average molecular weight is 362 g/mol. The number of hydrogen-bond donors (Lipinski definition) is 2. The van der Waals surface area contributed by atoms with Gasteiger partial charge in [-0.1, -0.05) is 0 Å². The second-order valence-electron chi connectivity index (χ2n) is 7.28. The molecule has 3 rings (SSSR count). The fourth-order valence-corrected chi connectivity index (χ4v) is 4.03. The Labute approximate surface area is 155 Å². The molecule has 26 heavy (non-hydrogen) atoms. The molecule has 2 unspecified atom stereocenters. The Morgan fingerprint density at radius 3 is 2.31 bits per heavy atom. The van der Waals surface area contributed by atoms with Gasteiger partial charge in [-0.25, -0.2) is 0 Å². The highest BCUT2D eigenvalue weighted by Gasteiger charge is 2.34. The topological polar surface area (TPSA) is 68.8 Å². The lowest BCUT2D eigenvalue weighted by molar-refractivity contribution is -0.122. The first-order valence-electron chi connectivity index (χ1n) is 9.55. The Hall–Kier alpha value is -1.95. The molecule has 2 fully saturated rings. The Bertz CT molecular complexity index is 573. The molecule has 0 radical (unpaired) electrons. The van der Waals surface area contributed by atoms with Gasteiger partial charge in [0, 0.05) is 43.2 Å². The van der Waals surface area contributed by atoms with Crippen LogP contribution in [0, 0.1) is 5.92 Å². The third-order valence-electron chi connectivity index (χ3n) is 5.28. The molecule has 0 aliphatic carbocycles. The van der Waals surface area contributed by atoms with Crippen LogP contribution in [-0.4, -0.2) is 45.4 Å². The van der Waals surface area contributed by atoms with E-state index < -0.39 is 0 Å². The second kappa shape index (κ2) is 9.12. The summed E-state index contributed by atoms with van der Waals surface area (Å²) in [5.41, 5.74) is 0. The molecule has 2 bridgehead atoms. The van der Waals surface area contributed by atoms with Crippen LogP contribution in [0.5, 0.6) is 17.2 Å². The molecule has 0 saturated carbocycles. The molecule has 144 valence electrons. The zero-order valence-corrected chi connectivity index (χ0v) is 15.8. The number of piperidine rings is 1. The van der Waals surface area contributed by atoms with Crippen molar-refractivity contribution in [3.63, 3.8) is 0 Å². The number of nitrogens with one attached hydrogen (secondary N) is 2. The SMILES string of the molecule is COc1cc(OC)cc(OCCCNC(=O)CC2CC3CCC(C2)N3)c1. The molecular weight excluding hydrogens is 332 g/mol. The largest absolute Gasteiger partial charge is 0.496 e. The van der Waals surface area contributed by atoms with E-state index in [9.17, 15) is 4.79 Å². The lowest BCUT2D eigenvalue weighted by Crippen LogP contribution is -2.39. The summed E-state index contributed by atoms with van der Waals surface area (Å²) < 4.78 is 16.2. The molecule has 2 aliphatic rings. The summed E-state index contributed by atoms with van der Waals surface area (Å²) in [6.45, 7) is 1.17. The Morgan fingerprint density at radius 2 is 1.69 bits per heavy atom. The predicted molar refractivity (Wildman–Crippen MR) is 100.0 cm³/mol. The van der Waals surface area contributed by atoms with Crippen LogP contribution in [0.25, 0.3) is 0 Å². The molecular formula is C20H30N2O4. The van der Waals surface area contributed by atoms with Gasteiger partial charge in [0.25, 0.3) is 0 Å². The summed E-state index contributed by atoms with van der Waals surface area (Å²) in [6.07, 6.45) is 6.26. The summed E-state index contributed by atoms with van der Waals surface area (Å²) >= 11 is 0. The maximum absolute atomic E-state index is 12.1. The maximum Gasteiger partial charge on any atom is 0.220 e. The van der Waals surface area contributed by atoms with Crippen molar-refractivity contribution in [2.75, 3.05) is 27.4 Å². The molecule has 2 atom stereocenters. The normalized spacial score (nSPS) is 24.2. The molecule has 1 amide bonds. The number of ether oxygens (including phenoxy) is 3. The first-order valence-corrected chi connectivity index (χ1v) is 9.55. The van der Waals surface area contributed by atoms with Gasteiger partial charge in [0.05, 0.1) is 20.8 Å². The van der Waals surface area contributed by atoms with E-state index in [1.807, 2.05) is 12.1 Å². The quantitative estimate of drug-likeness (QED) is 0.661. The highest BCUT2D eigenvalue weighted by atomic mass is 16.5. The second-order valence-corrected chi connectivity index (χ2v) is 7.28. The van der Waals surface area contributed by atoms with Crippen LogP contribution in [0.1, 0.15) is 38.5 Å². The first-order chi connectivity index (χ1) is 12.7. The van der Waals surface area contributed by atoms with Crippen LogP contribution in [-0.2, 0) is 4.79 Å².